The number of ether oxygens (including phenoxy) is 1. The van der Waals surface area contributed by atoms with Gasteiger partial charge in [-0.15, -0.1) is 12.6 Å². The summed E-state index contributed by atoms with van der Waals surface area (Å²) >= 11 is 6.46. The predicted molar refractivity (Wildman–Crippen MR) is 69.4 cm³/mol. The fraction of sp³-hybridized carbons (Fsp3) is 0.400. The molecule has 0 atom stereocenters. The second-order valence-electron chi connectivity index (χ2n) is 2.20. The van der Waals surface area contributed by atoms with Crippen LogP contribution in [0.2, 0.25) is 0 Å². The maximum atomic E-state index is 5.24. The molecule has 0 spiro atoms. The molecule has 0 aliphatic rings. The molecule has 1 aromatic carbocycles. The van der Waals surface area contributed by atoms with Crippen LogP contribution in [0.3, 0.4) is 0 Å². The van der Waals surface area contributed by atoms with E-state index in [0.29, 0.717) is 6.61 Å². The minimum atomic E-state index is 0.706. The van der Waals surface area contributed by atoms with E-state index in [9.17, 15) is 0 Å². The van der Waals surface area contributed by atoms with Crippen LogP contribution in [0.5, 0.6) is 5.75 Å². The van der Waals surface area contributed by atoms with Crippen molar-refractivity contribution in [1.82, 2.24) is 0 Å². The maximum Gasteiger partial charge on any atom is 0.120 e. The van der Waals surface area contributed by atoms with Gasteiger partial charge in [0.25, 0.3) is 0 Å². The zero-order valence-corrected chi connectivity index (χ0v) is 11.0. The summed E-state index contributed by atoms with van der Waals surface area (Å²) in [5, 5.41) is 0. The predicted octanol–water partition coefficient (Wildman–Crippen LogP) is 3.82. The van der Waals surface area contributed by atoms with E-state index >= 15 is 0 Å². The first-order valence-corrected chi connectivity index (χ1v) is 6.19. The average molecular weight is 310 g/mol. The van der Waals surface area contributed by atoms with E-state index in [0.717, 1.165) is 10.6 Å². The molecule has 74 valence electrons. The number of hydrogen-bond acceptors (Lipinski definition) is 2. The van der Waals surface area contributed by atoms with Crippen molar-refractivity contribution in [2.24, 2.45) is 0 Å². The zero-order chi connectivity index (χ0) is 10.1. The van der Waals surface area contributed by atoms with E-state index in [2.05, 4.69) is 42.1 Å². The minimum absolute atomic E-state index is 0.706. The highest BCUT2D eigenvalue weighted by Gasteiger charge is 1.89. The standard InChI is InChI=1S/C8H10OS.C2H5I/c1-2-9-7-4-3-5-8(10)6-7;1-2-3/h3-6,10H,2H2,1H3;2H2,1H3. The molecule has 1 nitrogen and oxygen atoms in total. The first kappa shape index (κ1) is 13.1. The van der Waals surface area contributed by atoms with Crippen molar-refractivity contribution < 1.29 is 4.74 Å². The van der Waals surface area contributed by atoms with Gasteiger partial charge in [0.2, 0.25) is 0 Å². The molecule has 1 aromatic rings. The molecule has 0 fully saturated rings. The Bertz CT molecular complexity index is 228. The third-order valence-corrected chi connectivity index (χ3v) is 1.41. The summed E-state index contributed by atoms with van der Waals surface area (Å²) < 4.78 is 6.46. The lowest BCUT2D eigenvalue weighted by Crippen LogP contribution is -1.90. The number of hydrogen-bond donors (Lipinski definition) is 1. The number of thiol groups is 1. The quantitative estimate of drug-likeness (QED) is 0.496. The Morgan fingerprint density at radius 3 is 2.46 bits per heavy atom. The lowest BCUT2D eigenvalue weighted by Gasteiger charge is -2.01. The molecule has 3 heteroatoms. The Labute approximate surface area is 99.4 Å². The Balaban J connectivity index is 0.000000424. The molecule has 0 aliphatic carbocycles. The van der Waals surface area contributed by atoms with E-state index in [1.54, 1.807) is 0 Å². The number of benzene rings is 1. The normalized spacial score (nSPS) is 8.62. The average Bonchev–Trinajstić information content (AvgIpc) is 2.06. The van der Waals surface area contributed by atoms with Gasteiger partial charge in [0.05, 0.1) is 6.61 Å². The van der Waals surface area contributed by atoms with Crippen molar-refractivity contribution >= 4 is 35.2 Å². The van der Waals surface area contributed by atoms with Crippen molar-refractivity contribution in [3.8, 4) is 5.75 Å². The van der Waals surface area contributed by atoms with Gasteiger partial charge in [-0.3, -0.25) is 0 Å². The minimum Gasteiger partial charge on any atom is -0.494 e. The maximum absolute atomic E-state index is 5.24. The summed E-state index contributed by atoms with van der Waals surface area (Å²) in [6.45, 7) is 4.78. The Kier molecular flexibility index (Phi) is 8.75. The SMILES string of the molecule is CCI.CCOc1cccc(S)c1. The second kappa shape index (κ2) is 8.69. The van der Waals surface area contributed by atoms with Crippen LogP contribution in [0.15, 0.2) is 29.2 Å². The Morgan fingerprint density at radius 2 is 2.00 bits per heavy atom. The largest absolute Gasteiger partial charge is 0.494 e. The van der Waals surface area contributed by atoms with Crippen molar-refractivity contribution in [3.05, 3.63) is 24.3 Å². The van der Waals surface area contributed by atoms with Gasteiger partial charge >= 0.3 is 0 Å². The highest BCUT2D eigenvalue weighted by atomic mass is 127. The van der Waals surface area contributed by atoms with E-state index in [1.165, 1.54) is 4.43 Å². The van der Waals surface area contributed by atoms with Gasteiger partial charge in [-0.25, -0.2) is 0 Å². The molecule has 0 unspecified atom stereocenters. The smallest absolute Gasteiger partial charge is 0.120 e. The van der Waals surface area contributed by atoms with Gasteiger partial charge in [0.1, 0.15) is 5.75 Å². The zero-order valence-electron chi connectivity index (χ0n) is 7.96. The molecule has 13 heavy (non-hydrogen) atoms. The monoisotopic (exact) mass is 310 g/mol. The second-order valence-corrected chi connectivity index (χ2v) is 4.24. The summed E-state index contributed by atoms with van der Waals surface area (Å²) in [5.41, 5.74) is 0. The summed E-state index contributed by atoms with van der Waals surface area (Å²) in [6.07, 6.45) is 0. The summed E-state index contributed by atoms with van der Waals surface area (Å²) in [7, 11) is 0. The van der Waals surface area contributed by atoms with Crippen LogP contribution in [0.1, 0.15) is 13.8 Å². The molecular weight excluding hydrogens is 295 g/mol. The van der Waals surface area contributed by atoms with Gasteiger partial charge < -0.3 is 4.74 Å². The molecule has 0 heterocycles. The summed E-state index contributed by atoms with van der Waals surface area (Å²) in [5.74, 6) is 0.884. The molecule has 0 radical (unpaired) electrons. The van der Waals surface area contributed by atoms with Gasteiger partial charge in [0, 0.05) is 4.90 Å². The number of halogens is 1. The van der Waals surface area contributed by atoms with Crippen LogP contribution >= 0.6 is 35.2 Å². The topological polar surface area (TPSA) is 9.23 Å². The van der Waals surface area contributed by atoms with E-state index in [4.69, 9.17) is 4.74 Å². The van der Waals surface area contributed by atoms with Gasteiger partial charge in [0.15, 0.2) is 0 Å². The van der Waals surface area contributed by atoms with Gasteiger partial charge in [-0.2, -0.15) is 0 Å². The van der Waals surface area contributed by atoms with Crippen LogP contribution in [0.25, 0.3) is 0 Å². The summed E-state index contributed by atoms with van der Waals surface area (Å²) in [4.78, 5) is 0.936. The molecular formula is C10H15IOS. The third-order valence-electron chi connectivity index (χ3n) is 1.13. The Hall–Kier alpha value is 0.100. The van der Waals surface area contributed by atoms with Gasteiger partial charge in [-0.1, -0.05) is 35.6 Å². The first-order valence-electron chi connectivity index (χ1n) is 4.22. The molecule has 0 bridgehead atoms. The molecule has 0 N–H and O–H groups in total. The molecule has 0 saturated carbocycles. The van der Waals surface area contributed by atoms with Crippen molar-refractivity contribution in [2.75, 3.05) is 11.0 Å². The molecule has 0 aromatic heterocycles. The molecule has 1 rings (SSSR count). The van der Waals surface area contributed by atoms with Crippen molar-refractivity contribution in [2.45, 2.75) is 18.7 Å². The van der Waals surface area contributed by atoms with Crippen LogP contribution in [-0.2, 0) is 0 Å². The van der Waals surface area contributed by atoms with E-state index in [-0.39, 0.29) is 0 Å². The number of rotatable bonds is 2. The third kappa shape index (κ3) is 7.19. The van der Waals surface area contributed by atoms with Crippen molar-refractivity contribution in [3.63, 3.8) is 0 Å². The van der Waals surface area contributed by atoms with Crippen molar-refractivity contribution in [1.29, 1.82) is 0 Å². The molecule has 0 saturated heterocycles. The van der Waals surface area contributed by atoms with E-state index < -0.39 is 0 Å². The van der Waals surface area contributed by atoms with Gasteiger partial charge in [-0.05, 0) is 29.6 Å². The molecule has 0 aliphatic heterocycles. The fourth-order valence-corrected chi connectivity index (χ4v) is 0.953. The van der Waals surface area contributed by atoms with Crippen LogP contribution in [-0.4, -0.2) is 11.0 Å². The highest BCUT2D eigenvalue weighted by molar-refractivity contribution is 14.1. The fourth-order valence-electron chi connectivity index (χ4n) is 0.740. The van der Waals surface area contributed by atoms with E-state index in [1.807, 2.05) is 31.2 Å². The van der Waals surface area contributed by atoms with Crippen LogP contribution in [0.4, 0.5) is 0 Å². The Morgan fingerprint density at radius 1 is 1.38 bits per heavy atom. The summed E-state index contributed by atoms with van der Waals surface area (Å²) in [6, 6.07) is 7.66. The first-order chi connectivity index (χ1) is 6.24. The lowest BCUT2D eigenvalue weighted by atomic mass is 10.3. The van der Waals surface area contributed by atoms with Crippen LogP contribution < -0.4 is 4.74 Å². The lowest BCUT2D eigenvalue weighted by molar-refractivity contribution is 0.339. The highest BCUT2D eigenvalue weighted by Crippen LogP contribution is 2.15. The number of alkyl halides is 1. The molecule has 0 amide bonds. The van der Waals surface area contributed by atoms with Crippen LogP contribution in [0, 0.1) is 0 Å².